The van der Waals surface area contributed by atoms with Gasteiger partial charge in [-0.3, -0.25) is 14.8 Å². The molecule has 8 rings (SSSR count). The molecule has 4 aliphatic rings. The van der Waals surface area contributed by atoms with Crippen molar-refractivity contribution in [1.82, 2.24) is 30.0 Å². The number of rotatable bonds is 5. The van der Waals surface area contributed by atoms with E-state index in [0.717, 1.165) is 30.9 Å². The zero-order valence-electron chi connectivity index (χ0n) is 21.4. The number of aromatic hydroxyl groups is 1. The second-order valence-electron chi connectivity index (χ2n) is 10.7. The number of piperidine rings is 1. The van der Waals surface area contributed by atoms with Crippen molar-refractivity contribution in [3.63, 3.8) is 0 Å². The number of aromatic amines is 2. The molecule has 11 heteroatoms. The molecular formula is C28H28F2N6O3. The molecule has 4 aliphatic heterocycles. The number of carbonyl (C=O) groups is 1. The van der Waals surface area contributed by atoms with Gasteiger partial charge in [-0.25, -0.2) is 13.8 Å². The number of nitrogens with zero attached hydrogens (tertiary/aromatic N) is 4. The normalized spacial score (nSPS) is 20.7. The van der Waals surface area contributed by atoms with Crippen LogP contribution in [0.15, 0.2) is 24.3 Å². The van der Waals surface area contributed by atoms with Gasteiger partial charge >= 0.3 is 0 Å². The van der Waals surface area contributed by atoms with Gasteiger partial charge in [-0.15, -0.1) is 0 Å². The Morgan fingerprint density at radius 3 is 2.74 bits per heavy atom. The zero-order valence-corrected chi connectivity index (χ0v) is 21.4. The summed E-state index contributed by atoms with van der Waals surface area (Å²) in [4.78, 5) is 25.0. The van der Waals surface area contributed by atoms with E-state index < -0.39 is 17.4 Å². The van der Waals surface area contributed by atoms with Gasteiger partial charge in [0.25, 0.3) is 0 Å². The average Bonchev–Trinajstić information content (AvgIpc) is 3.53. The van der Waals surface area contributed by atoms with Crippen molar-refractivity contribution < 1.29 is 23.4 Å². The number of imidazole rings is 1. The van der Waals surface area contributed by atoms with Crippen molar-refractivity contribution in [1.29, 1.82) is 0 Å². The Morgan fingerprint density at radius 1 is 1.18 bits per heavy atom. The Balaban J connectivity index is 1.14. The summed E-state index contributed by atoms with van der Waals surface area (Å²) in [5, 5.41) is 17.3. The third kappa shape index (κ3) is 4.16. The van der Waals surface area contributed by atoms with Crippen LogP contribution in [0.4, 0.5) is 8.78 Å². The van der Waals surface area contributed by atoms with Crippen LogP contribution in [-0.4, -0.2) is 79.4 Å². The molecule has 3 saturated heterocycles. The molecule has 202 valence electrons. The van der Waals surface area contributed by atoms with Crippen molar-refractivity contribution in [3.8, 4) is 28.4 Å². The summed E-state index contributed by atoms with van der Waals surface area (Å²) in [6, 6.07) is 5.67. The van der Waals surface area contributed by atoms with Crippen LogP contribution in [0.2, 0.25) is 0 Å². The lowest BCUT2D eigenvalue weighted by Crippen LogP contribution is -2.59. The summed E-state index contributed by atoms with van der Waals surface area (Å²) < 4.78 is 35.3. The third-order valence-corrected chi connectivity index (χ3v) is 8.08. The second-order valence-corrected chi connectivity index (χ2v) is 10.7. The summed E-state index contributed by atoms with van der Waals surface area (Å²) in [6.45, 7) is 4.87. The van der Waals surface area contributed by atoms with Gasteiger partial charge in [-0.05, 0) is 47.4 Å². The van der Waals surface area contributed by atoms with Crippen LogP contribution in [-0.2, 0) is 28.9 Å². The highest BCUT2D eigenvalue weighted by atomic mass is 19.1. The average molecular weight is 535 g/mol. The van der Waals surface area contributed by atoms with Crippen LogP contribution >= 0.6 is 0 Å². The lowest BCUT2D eigenvalue weighted by atomic mass is 9.96. The van der Waals surface area contributed by atoms with Crippen LogP contribution in [0.25, 0.3) is 33.5 Å². The van der Waals surface area contributed by atoms with E-state index >= 15 is 4.39 Å². The van der Waals surface area contributed by atoms with Crippen LogP contribution in [0, 0.1) is 11.6 Å². The van der Waals surface area contributed by atoms with Crippen LogP contribution in [0.3, 0.4) is 0 Å². The molecule has 0 aliphatic carbocycles. The van der Waals surface area contributed by atoms with Crippen molar-refractivity contribution in [2.75, 3.05) is 26.2 Å². The molecule has 3 fully saturated rings. The number of nitrogens with one attached hydrogen (secondary N) is 2. The molecule has 3 N–H and O–H groups in total. The van der Waals surface area contributed by atoms with E-state index in [2.05, 4.69) is 20.1 Å². The number of phenols is 1. The predicted octanol–water partition coefficient (Wildman–Crippen LogP) is 3.52. The Kier molecular flexibility index (Phi) is 5.67. The monoisotopic (exact) mass is 534 g/mol. The summed E-state index contributed by atoms with van der Waals surface area (Å²) >= 11 is 0. The number of amides is 1. The highest BCUT2D eigenvalue weighted by molar-refractivity contribution is 5.94. The summed E-state index contributed by atoms with van der Waals surface area (Å²) in [5.41, 5.74) is 4.17. The summed E-state index contributed by atoms with van der Waals surface area (Å²) in [7, 11) is 0. The molecule has 39 heavy (non-hydrogen) atoms. The standard InChI is InChI=1S/C28H28F2N6O3/c1-2-14-7-24(37)19(29)9-18(14)15-5-20(30)26-22(6-15)33-34-27(26)28-31-21-3-4-36(12-23(21)32-28)25(38)13-35-10-16-8-17(11-35)39-16/h5-7,9,16-17,37H,2-4,8,10-13H2,1H3,(H,31,32)(H,33,34). The van der Waals surface area contributed by atoms with Crippen molar-refractivity contribution in [2.24, 2.45) is 0 Å². The van der Waals surface area contributed by atoms with Gasteiger partial charge in [0.2, 0.25) is 5.91 Å². The number of hydrogen-bond donors (Lipinski definition) is 3. The largest absolute Gasteiger partial charge is 0.505 e. The van der Waals surface area contributed by atoms with E-state index in [4.69, 9.17) is 9.72 Å². The molecule has 2 unspecified atom stereocenters. The number of carbonyl (C=O) groups excluding carboxylic acids is 1. The molecule has 2 aromatic heterocycles. The minimum absolute atomic E-state index is 0.0824. The number of ether oxygens (including phenoxy) is 1. The molecule has 1 amide bonds. The molecular weight excluding hydrogens is 506 g/mol. The first-order valence-electron chi connectivity index (χ1n) is 13.3. The maximum absolute atomic E-state index is 15.5. The van der Waals surface area contributed by atoms with Gasteiger partial charge in [0.15, 0.2) is 17.4 Å². The van der Waals surface area contributed by atoms with Crippen LogP contribution < -0.4 is 0 Å². The van der Waals surface area contributed by atoms with Crippen LogP contribution in [0.5, 0.6) is 5.75 Å². The molecule has 0 radical (unpaired) electrons. The van der Waals surface area contributed by atoms with Crippen LogP contribution in [0.1, 0.15) is 30.3 Å². The van der Waals surface area contributed by atoms with Crippen molar-refractivity contribution >= 4 is 16.8 Å². The van der Waals surface area contributed by atoms with E-state index in [9.17, 15) is 14.3 Å². The smallest absolute Gasteiger partial charge is 0.237 e. The molecule has 4 aromatic rings. The SMILES string of the molecule is CCc1cc(O)c(F)cc1-c1cc(F)c2c(-c3nc4c([nH]3)CN(C(=O)CN3CC5CC(C3)O5)CC4)n[nH]c2c1. The Bertz CT molecular complexity index is 1600. The zero-order chi connectivity index (χ0) is 26.8. The predicted molar refractivity (Wildman–Crippen MR) is 139 cm³/mol. The van der Waals surface area contributed by atoms with Crippen molar-refractivity contribution in [2.45, 2.75) is 44.9 Å². The van der Waals surface area contributed by atoms with Gasteiger partial charge in [-0.1, -0.05) is 6.92 Å². The van der Waals surface area contributed by atoms with E-state index in [1.807, 2.05) is 11.8 Å². The Labute approximate surface area is 222 Å². The molecule has 2 bridgehead atoms. The first-order chi connectivity index (χ1) is 18.9. The number of H-pyrrole nitrogens is 2. The van der Waals surface area contributed by atoms with E-state index in [1.54, 1.807) is 6.07 Å². The highest BCUT2D eigenvalue weighted by Crippen LogP contribution is 2.36. The number of aryl methyl sites for hydroxylation is 1. The number of benzene rings is 2. The number of fused-ring (bicyclic) bond motifs is 4. The van der Waals surface area contributed by atoms with Gasteiger partial charge < -0.3 is 19.7 Å². The number of aromatic nitrogens is 4. The van der Waals surface area contributed by atoms with E-state index in [1.165, 1.54) is 18.2 Å². The van der Waals surface area contributed by atoms with Gasteiger partial charge in [0.1, 0.15) is 11.5 Å². The first kappa shape index (κ1) is 24.2. The molecule has 6 heterocycles. The highest BCUT2D eigenvalue weighted by Gasteiger charge is 2.39. The van der Waals surface area contributed by atoms with Gasteiger partial charge in [0, 0.05) is 32.5 Å². The fourth-order valence-corrected chi connectivity index (χ4v) is 6.08. The minimum atomic E-state index is -0.761. The first-order valence-corrected chi connectivity index (χ1v) is 13.3. The van der Waals surface area contributed by atoms with Gasteiger partial charge in [-0.2, -0.15) is 5.10 Å². The lowest BCUT2D eigenvalue weighted by molar-refractivity contribution is -0.183. The van der Waals surface area contributed by atoms with E-state index in [0.29, 0.717) is 66.2 Å². The maximum atomic E-state index is 15.5. The molecule has 2 aromatic carbocycles. The molecule has 9 nitrogen and oxygen atoms in total. The number of halogens is 2. The van der Waals surface area contributed by atoms with Gasteiger partial charge in [0.05, 0.1) is 47.6 Å². The fourth-order valence-electron chi connectivity index (χ4n) is 6.08. The quantitative estimate of drug-likeness (QED) is 0.362. The topological polar surface area (TPSA) is 110 Å². The maximum Gasteiger partial charge on any atom is 0.237 e. The number of phenolic OH excluding ortho intramolecular Hbond substituents is 1. The van der Waals surface area contributed by atoms with Crippen molar-refractivity contribution in [3.05, 3.63) is 52.9 Å². The van der Waals surface area contributed by atoms with E-state index in [-0.39, 0.29) is 23.5 Å². The fraction of sp³-hybridized carbons (Fsp3) is 0.393. The number of morpholine rings is 1. The Hall–Kier alpha value is -3.83. The summed E-state index contributed by atoms with van der Waals surface area (Å²) in [6.07, 6.45) is 2.76. The minimum Gasteiger partial charge on any atom is -0.505 e. The third-order valence-electron chi connectivity index (χ3n) is 8.08. The number of hydrogen-bond acceptors (Lipinski definition) is 6. The molecule has 0 spiro atoms. The second kappa shape index (κ2) is 9.13. The Morgan fingerprint density at radius 2 is 1.97 bits per heavy atom. The molecule has 0 saturated carbocycles. The molecule has 2 atom stereocenters. The summed E-state index contributed by atoms with van der Waals surface area (Å²) in [5.74, 6) is -1.19. The lowest BCUT2D eigenvalue weighted by Gasteiger charge is -2.47.